The minimum atomic E-state index is -4.57. The van der Waals surface area contributed by atoms with Crippen molar-refractivity contribution in [2.45, 2.75) is 38.9 Å². The van der Waals surface area contributed by atoms with Gasteiger partial charge >= 0.3 is 6.18 Å². The van der Waals surface area contributed by atoms with Crippen molar-refractivity contribution in [2.75, 3.05) is 11.9 Å². The van der Waals surface area contributed by atoms with Crippen LogP contribution in [-0.4, -0.2) is 23.3 Å². The van der Waals surface area contributed by atoms with Crippen molar-refractivity contribution >= 4 is 29.1 Å². The lowest BCUT2D eigenvalue weighted by Crippen LogP contribution is -2.46. The first-order chi connectivity index (χ1) is 17.1. The molecule has 3 aromatic rings. The van der Waals surface area contributed by atoms with Gasteiger partial charge in [0.2, 0.25) is 5.91 Å². The van der Waals surface area contributed by atoms with Crippen molar-refractivity contribution in [1.82, 2.24) is 4.90 Å². The number of likely N-dealkylation sites (tertiary alicyclic amines) is 1. The zero-order valence-electron chi connectivity index (χ0n) is 19.9. The predicted octanol–water partition coefficient (Wildman–Crippen LogP) is 7.21. The van der Waals surface area contributed by atoms with Gasteiger partial charge < -0.3 is 10.2 Å². The number of amides is 2. The SMILES string of the molecule is Cc1cccc(C)c1C(=O)N1CCC[C@H](C(=O)Nc2cc(C(F)(F)F)ccc2Cl)C1c1ccccc1. The van der Waals surface area contributed by atoms with E-state index in [0.717, 1.165) is 34.9 Å². The molecule has 1 saturated heterocycles. The van der Waals surface area contributed by atoms with Gasteiger partial charge in [0.1, 0.15) is 0 Å². The summed E-state index contributed by atoms with van der Waals surface area (Å²) in [6.45, 7) is 4.21. The van der Waals surface area contributed by atoms with Crippen molar-refractivity contribution in [2.24, 2.45) is 5.92 Å². The molecular formula is C28H26ClF3N2O2. The second-order valence-electron chi connectivity index (χ2n) is 9.05. The number of rotatable bonds is 4. The molecule has 188 valence electrons. The van der Waals surface area contributed by atoms with E-state index in [2.05, 4.69) is 5.32 Å². The summed E-state index contributed by atoms with van der Waals surface area (Å²) < 4.78 is 39.7. The number of aryl methyl sites for hydroxylation is 2. The molecule has 0 bridgehead atoms. The number of piperidine rings is 1. The van der Waals surface area contributed by atoms with Gasteiger partial charge in [0.15, 0.2) is 0 Å². The van der Waals surface area contributed by atoms with Gasteiger partial charge in [-0.05, 0) is 61.6 Å². The normalized spacial score (nSPS) is 18.1. The first-order valence-electron chi connectivity index (χ1n) is 11.7. The number of carbonyl (C=O) groups is 2. The van der Waals surface area contributed by atoms with E-state index in [1.54, 1.807) is 4.90 Å². The number of hydrogen-bond donors (Lipinski definition) is 1. The topological polar surface area (TPSA) is 49.4 Å². The van der Waals surface area contributed by atoms with E-state index in [-0.39, 0.29) is 16.6 Å². The molecule has 1 heterocycles. The lowest BCUT2D eigenvalue weighted by molar-refractivity contribution is -0.137. The molecular weight excluding hydrogens is 489 g/mol. The molecule has 2 atom stereocenters. The third-order valence-electron chi connectivity index (χ3n) is 6.62. The Labute approximate surface area is 213 Å². The van der Waals surface area contributed by atoms with Crippen LogP contribution < -0.4 is 5.32 Å². The Balaban J connectivity index is 1.71. The third-order valence-corrected chi connectivity index (χ3v) is 6.95. The van der Waals surface area contributed by atoms with Gasteiger partial charge in [-0.1, -0.05) is 60.1 Å². The van der Waals surface area contributed by atoms with E-state index < -0.39 is 29.6 Å². The third kappa shape index (κ3) is 5.26. The van der Waals surface area contributed by atoms with Gasteiger partial charge in [-0.3, -0.25) is 9.59 Å². The summed E-state index contributed by atoms with van der Waals surface area (Å²) in [4.78, 5) is 29.0. The predicted molar refractivity (Wildman–Crippen MR) is 134 cm³/mol. The Morgan fingerprint density at radius 2 is 1.64 bits per heavy atom. The lowest BCUT2D eigenvalue weighted by Gasteiger charge is -2.41. The second-order valence-corrected chi connectivity index (χ2v) is 9.46. The standard InChI is InChI=1S/C28H26ClF3N2O2/c1-17-8-6-9-18(2)24(17)27(36)34-15-7-12-21(25(34)19-10-4-3-5-11-19)26(35)33-23-16-20(28(30,31)32)13-14-22(23)29/h3-6,8-11,13-14,16,21,25H,7,12,15H2,1-2H3,(H,33,35)/t21-,25?/m0/s1. The number of halogens is 4. The monoisotopic (exact) mass is 514 g/mol. The highest BCUT2D eigenvalue weighted by molar-refractivity contribution is 6.33. The van der Waals surface area contributed by atoms with Crippen molar-refractivity contribution in [1.29, 1.82) is 0 Å². The maximum absolute atomic E-state index is 13.8. The molecule has 1 aliphatic heterocycles. The Morgan fingerprint density at radius 3 is 2.28 bits per heavy atom. The summed E-state index contributed by atoms with van der Waals surface area (Å²) in [6.07, 6.45) is -3.52. The average molecular weight is 515 g/mol. The first kappa shape index (κ1) is 25.8. The van der Waals surface area contributed by atoms with E-state index in [1.165, 1.54) is 0 Å². The molecule has 2 amide bonds. The highest BCUT2D eigenvalue weighted by Gasteiger charge is 2.40. The van der Waals surface area contributed by atoms with Gasteiger partial charge in [0.05, 0.1) is 28.2 Å². The molecule has 0 radical (unpaired) electrons. The number of anilines is 1. The number of hydrogen-bond acceptors (Lipinski definition) is 2. The fourth-order valence-electron chi connectivity index (χ4n) is 4.88. The molecule has 1 aliphatic rings. The largest absolute Gasteiger partial charge is 0.416 e. The fourth-order valence-corrected chi connectivity index (χ4v) is 5.04. The zero-order valence-corrected chi connectivity index (χ0v) is 20.7. The van der Waals surface area contributed by atoms with Crippen LogP contribution >= 0.6 is 11.6 Å². The Bertz CT molecular complexity index is 1260. The van der Waals surface area contributed by atoms with Crippen molar-refractivity contribution < 1.29 is 22.8 Å². The summed E-state index contributed by atoms with van der Waals surface area (Å²) >= 11 is 6.13. The van der Waals surface area contributed by atoms with Crippen molar-refractivity contribution in [3.8, 4) is 0 Å². The Morgan fingerprint density at radius 1 is 0.972 bits per heavy atom. The number of nitrogens with zero attached hydrogens (tertiary/aromatic N) is 1. The van der Waals surface area contributed by atoms with E-state index >= 15 is 0 Å². The molecule has 1 N–H and O–H groups in total. The summed E-state index contributed by atoms with van der Waals surface area (Å²) in [5.41, 5.74) is 2.05. The van der Waals surface area contributed by atoms with Gasteiger partial charge in [0.25, 0.3) is 5.91 Å². The maximum Gasteiger partial charge on any atom is 0.416 e. The van der Waals surface area contributed by atoms with Crippen molar-refractivity contribution in [3.63, 3.8) is 0 Å². The van der Waals surface area contributed by atoms with Crippen LogP contribution in [-0.2, 0) is 11.0 Å². The van der Waals surface area contributed by atoms with E-state index in [9.17, 15) is 22.8 Å². The summed E-state index contributed by atoms with van der Waals surface area (Å²) in [6, 6.07) is 17.1. The molecule has 1 unspecified atom stereocenters. The number of nitrogens with one attached hydrogen (secondary N) is 1. The molecule has 0 aliphatic carbocycles. The Kier molecular flexibility index (Phi) is 7.41. The van der Waals surface area contributed by atoms with Crippen LogP contribution in [0.4, 0.5) is 18.9 Å². The van der Waals surface area contributed by atoms with E-state index in [4.69, 9.17) is 11.6 Å². The first-order valence-corrected chi connectivity index (χ1v) is 12.1. The minimum absolute atomic E-state index is 0.00638. The summed E-state index contributed by atoms with van der Waals surface area (Å²) in [7, 11) is 0. The Hall–Kier alpha value is -3.32. The quantitative estimate of drug-likeness (QED) is 0.400. The van der Waals surface area contributed by atoms with Gasteiger partial charge in [-0.2, -0.15) is 13.2 Å². The zero-order chi connectivity index (χ0) is 26.0. The number of carbonyl (C=O) groups excluding carboxylic acids is 2. The molecule has 0 spiro atoms. The van der Waals surface area contributed by atoms with Crippen LogP contribution in [0.2, 0.25) is 5.02 Å². The van der Waals surface area contributed by atoms with Gasteiger partial charge in [0, 0.05) is 12.1 Å². The molecule has 0 saturated carbocycles. The number of benzene rings is 3. The molecule has 4 nitrogen and oxygen atoms in total. The number of alkyl halides is 3. The molecule has 4 rings (SSSR count). The molecule has 36 heavy (non-hydrogen) atoms. The minimum Gasteiger partial charge on any atom is -0.331 e. The highest BCUT2D eigenvalue weighted by atomic mass is 35.5. The molecule has 8 heteroatoms. The lowest BCUT2D eigenvalue weighted by atomic mass is 9.83. The fraction of sp³-hybridized carbons (Fsp3) is 0.286. The van der Waals surface area contributed by atoms with Crippen LogP contribution in [0.1, 0.15) is 51.5 Å². The molecule has 0 aromatic heterocycles. The smallest absolute Gasteiger partial charge is 0.331 e. The molecule has 1 fully saturated rings. The van der Waals surface area contributed by atoms with E-state index in [0.29, 0.717) is 24.9 Å². The van der Waals surface area contributed by atoms with Crippen LogP contribution in [0.3, 0.4) is 0 Å². The molecule has 3 aromatic carbocycles. The summed E-state index contributed by atoms with van der Waals surface area (Å²) in [5, 5.41) is 2.61. The van der Waals surface area contributed by atoms with Crippen LogP contribution in [0, 0.1) is 19.8 Å². The van der Waals surface area contributed by atoms with Crippen LogP contribution in [0.15, 0.2) is 66.7 Å². The van der Waals surface area contributed by atoms with E-state index in [1.807, 2.05) is 62.4 Å². The van der Waals surface area contributed by atoms with Crippen molar-refractivity contribution in [3.05, 3.63) is 99.6 Å². The maximum atomic E-state index is 13.8. The van der Waals surface area contributed by atoms with Gasteiger partial charge in [-0.15, -0.1) is 0 Å². The average Bonchev–Trinajstić information content (AvgIpc) is 2.84. The van der Waals surface area contributed by atoms with Crippen LogP contribution in [0.25, 0.3) is 0 Å². The van der Waals surface area contributed by atoms with Crippen LogP contribution in [0.5, 0.6) is 0 Å². The second kappa shape index (κ2) is 10.3. The van der Waals surface area contributed by atoms with Gasteiger partial charge in [-0.25, -0.2) is 0 Å². The summed E-state index contributed by atoms with van der Waals surface area (Å²) in [5.74, 6) is -1.34. The highest BCUT2D eigenvalue weighted by Crippen LogP contribution is 2.39.